The average Bonchev–Trinajstić information content (AvgIpc) is 2.98. The molecule has 1 atom stereocenters. The van der Waals surface area contributed by atoms with Crippen molar-refractivity contribution in [1.82, 2.24) is 15.5 Å². The Morgan fingerprint density at radius 2 is 2.16 bits per heavy atom. The molecule has 1 unspecified atom stereocenters. The Bertz CT molecular complexity index is 550. The first-order valence-corrected chi connectivity index (χ1v) is 8.96. The summed E-state index contributed by atoms with van der Waals surface area (Å²) in [4.78, 5) is 7.14. The molecule has 0 amide bonds. The Morgan fingerprint density at radius 1 is 1.36 bits per heavy atom. The number of halogens is 1. The molecule has 0 spiro atoms. The van der Waals surface area contributed by atoms with E-state index < -0.39 is 0 Å². The summed E-state index contributed by atoms with van der Waals surface area (Å²) in [6.07, 6.45) is 2.17. The van der Waals surface area contributed by atoms with Crippen molar-refractivity contribution in [2.24, 2.45) is 10.9 Å². The summed E-state index contributed by atoms with van der Waals surface area (Å²) < 4.78 is 5.45. The number of nitrogens with zero attached hydrogens (tertiary/aromatic N) is 2. The van der Waals surface area contributed by atoms with E-state index in [-0.39, 0.29) is 24.0 Å². The van der Waals surface area contributed by atoms with Gasteiger partial charge in [0, 0.05) is 26.2 Å². The molecule has 1 aromatic rings. The molecule has 0 bridgehead atoms. The Kier molecular flexibility index (Phi) is 10.2. The second-order valence-electron chi connectivity index (χ2n) is 6.63. The molecule has 1 aliphatic heterocycles. The highest BCUT2D eigenvalue weighted by Crippen LogP contribution is 2.19. The number of benzene rings is 1. The fraction of sp³-hybridized carbons (Fsp3) is 0.632. The number of nitrogens with one attached hydrogen (secondary N) is 2. The maximum Gasteiger partial charge on any atom is 0.191 e. The van der Waals surface area contributed by atoms with Gasteiger partial charge < -0.3 is 20.3 Å². The smallest absolute Gasteiger partial charge is 0.191 e. The Labute approximate surface area is 169 Å². The van der Waals surface area contributed by atoms with Crippen LogP contribution >= 0.6 is 24.0 Å². The van der Waals surface area contributed by atoms with Crippen LogP contribution in [-0.4, -0.2) is 57.7 Å². The zero-order valence-corrected chi connectivity index (χ0v) is 18.3. The molecule has 6 heteroatoms. The lowest BCUT2D eigenvalue weighted by Crippen LogP contribution is -2.38. The Hall–Kier alpha value is -1.02. The monoisotopic (exact) mass is 460 g/mol. The predicted octanol–water partition coefficient (Wildman–Crippen LogP) is 2.67. The quantitative estimate of drug-likeness (QED) is 0.373. The van der Waals surface area contributed by atoms with Crippen LogP contribution in [0.25, 0.3) is 0 Å². The van der Waals surface area contributed by atoms with Crippen molar-refractivity contribution in [3.63, 3.8) is 0 Å². The van der Waals surface area contributed by atoms with Gasteiger partial charge in [0.05, 0.1) is 7.11 Å². The first-order chi connectivity index (χ1) is 11.6. The maximum absolute atomic E-state index is 5.45. The summed E-state index contributed by atoms with van der Waals surface area (Å²) in [6, 6.07) is 6.32. The molecule has 1 aromatic carbocycles. The topological polar surface area (TPSA) is 48.9 Å². The molecule has 142 valence electrons. The minimum absolute atomic E-state index is 0. The third kappa shape index (κ3) is 7.40. The van der Waals surface area contributed by atoms with Crippen molar-refractivity contribution in [2.75, 3.05) is 46.9 Å². The van der Waals surface area contributed by atoms with Crippen molar-refractivity contribution in [2.45, 2.75) is 26.7 Å². The van der Waals surface area contributed by atoms with Crippen molar-refractivity contribution >= 4 is 29.9 Å². The van der Waals surface area contributed by atoms with Crippen molar-refractivity contribution in [3.8, 4) is 5.75 Å². The largest absolute Gasteiger partial charge is 0.496 e. The van der Waals surface area contributed by atoms with Crippen LogP contribution in [0.4, 0.5) is 0 Å². The summed E-state index contributed by atoms with van der Waals surface area (Å²) in [7, 11) is 3.91. The van der Waals surface area contributed by atoms with E-state index in [1.165, 1.54) is 24.1 Å². The molecule has 0 saturated carbocycles. The maximum atomic E-state index is 5.45. The van der Waals surface area contributed by atoms with E-state index in [0.29, 0.717) is 5.92 Å². The number of aliphatic imine (C=N–C) groups is 1. The molecule has 2 N–H and O–H groups in total. The van der Waals surface area contributed by atoms with Crippen molar-refractivity contribution in [1.29, 1.82) is 0 Å². The van der Waals surface area contributed by atoms with Gasteiger partial charge in [-0.2, -0.15) is 0 Å². The van der Waals surface area contributed by atoms with Gasteiger partial charge in [0.25, 0.3) is 0 Å². The van der Waals surface area contributed by atoms with Gasteiger partial charge in [0.2, 0.25) is 0 Å². The minimum Gasteiger partial charge on any atom is -0.496 e. The zero-order chi connectivity index (χ0) is 17.4. The van der Waals surface area contributed by atoms with E-state index in [9.17, 15) is 0 Å². The van der Waals surface area contributed by atoms with Gasteiger partial charge >= 0.3 is 0 Å². The van der Waals surface area contributed by atoms with Gasteiger partial charge in [-0.05, 0) is 57.8 Å². The third-order valence-corrected chi connectivity index (χ3v) is 4.46. The molecule has 1 fully saturated rings. The fourth-order valence-corrected chi connectivity index (χ4v) is 3.16. The van der Waals surface area contributed by atoms with Gasteiger partial charge in [-0.3, -0.25) is 4.99 Å². The number of ether oxygens (including phenoxy) is 1. The second kappa shape index (κ2) is 11.6. The van der Waals surface area contributed by atoms with Crippen LogP contribution in [0.2, 0.25) is 0 Å². The summed E-state index contributed by atoms with van der Waals surface area (Å²) in [5, 5.41) is 6.78. The van der Waals surface area contributed by atoms with E-state index in [2.05, 4.69) is 48.6 Å². The van der Waals surface area contributed by atoms with Gasteiger partial charge in [-0.25, -0.2) is 0 Å². The van der Waals surface area contributed by atoms with Crippen LogP contribution in [0.1, 0.15) is 24.5 Å². The lowest BCUT2D eigenvalue weighted by molar-refractivity contribution is 0.397. The molecular formula is C19H33IN4O. The molecule has 5 nitrogen and oxygen atoms in total. The lowest BCUT2D eigenvalue weighted by Gasteiger charge is -2.14. The van der Waals surface area contributed by atoms with E-state index in [1.807, 2.05) is 6.07 Å². The van der Waals surface area contributed by atoms with Crippen LogP contribution in [0, 0.1) is 12.8 Å². The van der Waals surface area contributed by atoms with Gasteiger partial charge in [0.1, 0.15) is 5.75 Å². The second-order valence-corrected chi connectivity index (χ2v) is 6.63. The molecule has 2 rings (SSSR count). The molecule has 0 aromatic heterocycles. The van der Waals surface area contributed by atoms with Crippen molar-refractivity contribution in [3.05, 3.63) is 29.3 Å². The number of hydrogen-bond acceptors (Lipinski definition) is 3. The SMILES string of the molecule is CCNC(=NCC1CCN(C)C1)NCCc1cc(C)ccc1OC.I. The number of guanidine groups is 1. The normalized spacial score (nSPS) is 17.9. The van der Waals surface area contributed by atoms with Crippen LogP contribution in [0.3, 0.4) is 0 Å². The minimum atomic E-state index is 0. The summed E-state index contributed by atoms with van der Waals surface area (Å²) >= 11 is 0. The summed E-state index contributed by atoms with van der Waals surface area (Å²) in [5.41, 5.74) is 2.50. The Balaban J connectivity index is 0.00000312. The third-order valence-electron chi connectivity index (χ3n) is 4.46. The highest BCUT2D eigenvalue weighted by Gasteiger charge is 2.18. The fourth-order valence-electron chi connectivity index (χ4n) is 3.16. The van der Waals surface area contributed by atoms with E-state index in [0.717, 1.165) is 44.3 Å². The summed E-state index contributed by atoms with van der Waals surface area (Å²) in [5.74, 6) is 2.55. The van der Waals surface area contributed by atoms with Crippen LogP contribution in [0.15, 0.2) is 23.2 Å². The number of hydrogen-bond donors (Lipinski definition) is 2. The molecule has 0 radical (unpaired) electrons. The molecule has 1 aliphatic rings. The molecular weight excluding hydrogens is 427 g/mol. The number of aryl methyl sites for hydroxylation is 1. The molecule has 25 heavy (non-hydrogen) atoms. The zero-order valence-electron chi connectivity index (χ0n) is 16.0. The lowest BCUT2D eigenvalue weighted by atomic mass is 10.1. The molecule has 0 aliphatic carbocycles. The Morgan fingerprint density at radius 3 is 2.80 bits per heavy atom. The average molecular weight is 460 g/mol. The first kappa shape index (κ1) is 22.0. The molecule has 1 heterocycles. The van der Waals surface area contributed by atoms with Crippen LogP contribution in [-0.2, 0) is 6.42 Å². The highest BCUT2D eigenvalue weighted by molar-refractivity contribution is 14.0. The van der Waals surface area contributed by atoms with E-state index in [4.69, 9.17) is 9.73 Å². The standard InChI is InChI=1S/C19H32N4O.HI/c1-5-20-19(22-13-16-9-11-23(3)14-16)21-10-8-17-12-15(2)6-7-18(17)24-4;/h6-7,12,16H,5,8-11,13-14H2,1-4H3,(H2,20,21,22);1H. The summed E-state index contributed by atoms with van der Waals surface area (Å²) in [6.45, 7) is 9.18. The number of likely N-dealkylation sites (tertiary alicyclic amines) is 1. The van der Waals surface area contributed by atoms with E-state index in [1.54, 1.807) is 7.11 Å². The van der Waals surface area contributed by atoms with E-state index >= 15 is 0 Å². The van der Waals surface area contributed by atoms with Crippen LogP contribution < -0.4 is 15.4 Å². The van der Waals surface area contributed by atoms with Gasteiger partial charge in [0.15, 0.2) is 5.96 Å². The highest BCUT2D eigenvalue weighted by atomic mass is 127. The van der Waals surface area contributed by atoms with Gasteiger partial charge in [-0.15, -0.1) is 24.0 Å². The van der Waals surface area contributed by atoms with Gasteiger partial charge in [-0.1, -0.05) is 17.7 Å². The van der Waals surface area contributed by atoms with Crippen LogP contribution in [0.5, 0.6) is 5.75 Å². The number of methoxy groups -OCH3 is 1. The van der Waals surface area contributed by atoms with Crippen molar-refractivity contribution < 1.29 is 4.74 Å². The first-order valence-electron chi connectivity index (χ1n) is 8.96. The molecule has 1 saturated heterocycles. The number of rotatable bonds is 7. The predicted molar refractivity (Wildman–Crippen MR) is 116 cm³/mol.